The fraction of sp³-hybridized carbons (Fsp3) is 0.250. The van der Waals surface area contributed by atoms with Crippen molar-refractivity contribution in [2.45, 2.75) is 18.4 Å². The van der Waals surface area contributed by atoms with Gasteiger partial charge in [-0.3, -0.25) is 0 Å². The maximum absolute atomic E-state index is 12.3. The minimum absolute atomic E-state index is 0.0107. The molecule has 1 heterocycles. The molecule has 0 spiro atoms. The number of aromatic nitrogens is 2. The van der Waals surface area contributed by atoms with Crippen LogP contribution in [0.5, 0.6) is 0 Å². The molecule has 104 valence electrons. The molecule has 0 N–H and O–H groups in total. The summed E-state index contributed by atoms with van der Waals surface area (Å²) in [5, 5.41) is 16.1. The van der Waals surface area contributed by atoms with Gasteiger partial charge in [-0.05, 0) is 24.3 Å². The van der Waals surface area contributed by atoms with Crippen LogP contribution in [0.3, 0.4) is 0 Å². The Labute approximate surface area is 116 Å². The van der Waals surface area contributed by atoms with Gasteiger partial charge in [-0.15, -0.1) is 10.2 Å². The largest absolute Gasteiger partial charge is 0.424 e. The van der Waals surface area contributed by atoms with E-state index >= 15 is 0 Å². The predicted octanol–water partition coefficient (Wildman–Crippen LogP) is 1.07. The van der Waals surface area contributed by atoms with E-state index in [1.807, 2.05) is 6.07 Å². The van der Waals surface area contributed by atoms with E-state index in [4.69, 9.17) is 9.68 Å². The number of nitriles is 1. The molecular weight excluding hydrogens is 280 g/mol. The Morgan fingerprint density at radius 2 is 1.95 bits per heavy atom. The summed E-state index contributed by atoms with van der Waals surface area (Å²) in [4.78, 5) is 0.107. The molecule has 2 aromatic rings. The third-order valence-corrected chi connectivity index (χ3v) is 4.44. The molecule has 2 rings (SSSR count). The zero-order valence-corrected chi connectivity index (χ0v) is 11.8. The zero-order valence-electron chi connectivity index (χ0n) is 10.9. The Balaban J connectivity index is 2.22. The summed E-state index contributed by atoms with van der Waals surface area (Å²) in [6, 6.07) is 7.63. The molecule has 7 nitrogen and oxygen atoms in total. The molecule has 0 fully saturated rings. The summed E-state index contributed by atoms with van der Waals surface area (Å²) >= 11 is 0. The number of nitrogens with zero attached hydrogens (tertiary/aromatic N) is 4. The van der Waals surface area contributed by atoms with Gasteiger partial charge in [-0.25, -0.2) is 8.42 Å². The molecule has 0 amide bonds. The molecule has 0 aliphatic carbocycles. The van der Waals surface area contributed by atoms with Gasteiger partial charge in [0.05, 0.1) is 23.1 Å². The number of aryl methyl sites for hydroxylation is 1. The molecular formula is C12H12N4O3S. The Morgan fingerprint density at radius 3 is 2.45 bits per heavy atom. The molecule has 1 aromatic carbocycles. The summed E-state index contributed by atoms with van der Waals surface area (Å²) < 4.78 is 30.9. The third-order valence-electron chi connectivity index (χ3n) is 2.62. The fourth-order valence-corrected chi connectivity index (χ4v) is 2.68. The molecule has 0 bridgehead atoms. The van der Waals surface area contributed by atoms with Gasteiger partial charge in [0, 0.05) is 14.0 Å². The number of hydrogen-bond donors (Lipinski definition) is 0. The van der Waals surface area contributed by atoms with Gasteiger partial charge in [0.2, 0.25) is 21.8 Å². The SMILES string of the molecule is Cc1nnc(CN(C)S(=O)(=O)c2ccc(C#N)cc2)o1. The van der Waals surface area contributed by atoms with Crippen LogP contribution >= 0.6 is 0 Å². The summed E-state index contributed by atoms with van der Waals surface area (Å²) in [6.07, 6.45) is 0. The number of sulfonamides is 1. The van der Waals surface area contributed by atoms with E-state index in [9.17, 15) is 8.42 Å². The van der Waals surface area contributed by atoms with Gasteiger partial charge in [0.25, 0.3) is 0 Å². The first-order valence-corrected chi connectivity index (χ1v) is 7.13. The maximum atomic E-state index is 12.3. The van der Waals surface area contributed by atoms with Crippen molar-refractivity contribution in [2.75, 3.05) is 7.05 Å². The van der Waals surface area contributed by atoms with Crippen molar-refractivity contribution in [3.05, 3.63) is 41.6 Å². The second-order valence-electron chi connectivity index (χ2n) is 4.11. The van der Waals surface area contributed by atoms with Gasteiger partial charge in [-0.2, -0.15) is 9.57 Å². The highest BCUT2D eigenvalue weighted by molar-refractivity contribution is 7.89. The van der Waals surface area contributed by atoms with Crippen molar-refractivity contribution < 1.29 is 12.8 Å². The van der Waals surface area contributed by atoms with Crippen LogP contribution in [0.1, 0.15) is 17.3 Å². The van der Waals surface area contributed by atoms with Crippen molar-refractivity contribution in [3.63, 3.8) is 0 Å². The Hall–Kier alpha value is -2.24. The van der Waals surface area contributed by atoms with E-state index in [1.54, 1.807) is 6.92 Å². The van der Waals surface area contributed by atoms with Crippen LogP contribution in [0.15, 0.2) is 33.6 Å². The van der Waals surface area contributed by atoms with Crippen LogP contribution in [-0.2, 0) is 16.6 Å². The average molecular weight is 292 g/mol. The minimum Gasteiger partial charge on any atom is -0.424 e. The van der Waals surface area contributed by atoms with Crippen molar-refractivity contribution in [1.29, 1.82) is 5.26 Å². The first kappa shape index (κ1) is 14.2. The van der Waals surface area contributed by atoms with E-state index in [0.717, 1.165) is 4.31 Å². The number of hydrogen-bond acceptors (Lipinski definition) is 6. The van der Waals surface area contributed by atoms with Gasteiger partial charge in [0.15, 0.2) is 0 Å². The third kappa shape index (κ3) is 2.84. The van der Waals surface area contributed by atoms with Crippen LogP contribution in [-0.4, -0.2) is 30.0 Å². The standard InChI is InChI=1S/C12H12N4O3S/c1-9-14-15-12(19-9)8-16(2)20(17,18)11-5-3-10(7-13)4-6-11/h3-6H,8H2,1-2H3. The molecule has 0 radical (unpaired) electrons. The molecule has 0 saturated heterocycles. The Bertz CT molecular complexity index is 744. The number of benzene rings is 1. The topological polar surface area (TPSA) is 100 Å². The molecule has 1 aromatic heterocycles. The lowest BCUT2D eigenvalue weighted by atomic mass is 10.2. The Kier molecular flexibility index (Phi) is 3.83. The molecule has 0 aliphatic heterocycles. The molecule has 0 unspecified atom stereocenters. The summed E-state index contributed by atoms with van der Waals surface area (Å²) in [5.41, 5.74) is 0.402. The van der Waals surface area contributed by atoms with E-state index in [2.05, 4.69) is 10.2 Å². The molecule has 0 atom stereocenters. The molecule has 0 aliphatic rings. The highest BCUT2D eigenvalue weighted by atomic mass is 32.2. The number of rotatable bonds is 4. The second kappa shape index (κ2) is 5.40. The first-order chi connectivity index (χ1) is 9.43. The Morgan fingerprint density at radius 1 is 1.30 bits per heavy atom. The maximum Gasteiger partial charge on any atom is 0.243 e. The first-order valence-electron chi connectivity index (χ1n) is 5.69. The van der Waals surface area contributed by atoms with Gasteiger partial charge >= 0.3 is 0 Å². The van der Waals surface area contributed by atoms with Crippen molar-refractivity contribution in [3.8, 4) is 6.07 Å². The van der Waals surface area contributed by atoms with Crippen molar-refractivity contribution in [1.82, 2.24) is 14.5 Å². The lowest BCUT2D eigenvalue weighted by molar-refractivity contribution is 0.386. The summed E-state index contributed by atoms with van der Waals surface area (Å²) in [7, 11) is -2.23. The van der Waals surface area contributed by atoms with Crippen LogP contribution in [0.25, 0.3) is 0 Å². The normalized spacial score (nSPS) is 11.5. The molecule has 0 saturated carbocycles. The second-order valence-corrected chi connectivity index (χ2v) is 6.16. The molecule has 20 heavy (non-hydrogen) atoms. The minimum atomic E-state index is -3.66. The lowest BCUT2D eigenvalue weighted by Crippen LogP contribution is -2.26. The van der Waals surface area contributed by atoms with E-state index in [1.165, 1.54) is 31.3 Å². The summed E-state index contributed by atoms with van der Waals surface area (Å²) in [6.45, 7) is 1.62. The van der Waals surface area contributed by atoms with Gasteiger partial charge in [-0.1, -0.05) is 0 Å². The van der Waals surface area contributed by atoms with Crippen LogP contribution in [0, 0.1) is 18.3 Å². The lowest BCUT2D eigenvalue weighted by Gasteiger charge is -2.15. The fourth-order valence-electron chi connectivity index (χ4n) is 1.56. The average Bonchev–Trinajstić information content (AvgIpc) is 2.84. The summed E-state index contributed by atoms with van der Waals surface area (Å²) in [5.74, 6) is 0.603. The van der Waals surface area contributed by atoms with Crippen molar-refractivity contribution in [2.24, 2.45) is 0 Å². The quantitative estimate of drug-likeness (QED) is 0.835. The van der Waals surface area contributed by atoms with E-state index in [0.29, 0.717) is 11.5 Å². The van der Waals surface area contributed by atoms with Crippen molar-refractivity contribution >= 4 is 10.0 Å². The highest BCUT2D eigenvalue weighted by Gasteiger charge is 2.22. The van der Waals surface area contributed by atoms with Crippen LogP contribution in [0.2, 0.25) is 0 Å². The smallest absolute Gasteiger partial charge is 0.243 e. The molecule has 8 heteroatoms. The predicted molar refractivity (Wildman–Crippen MR) is 68.8 cm³/mol. The van der Waals surface area contributed by atoms with E-state index < -0.39 is 10.0 Å². The van der Waals surface area contributed by atoms with Crippen LogP contribution in [0.4, 0.5) is 0 Å². The van der Waals surface area contributed by atoms with E-state index in [-0.39, 0.29) is 17.3 Å². The van der Waals surface area contributed by atoms with Gasteiger partial charge in [0.1, 0.15) is 0 Å². The van der Waals surface area contributed by atoms with Gasteiger partial charge < -0.3 is 4.42 Å². The van der Waals surface area contributed by atoms with Crippen LogP contribution < -0.4 is 0 Å². The monoisotopic (exact) mass is 292 g/mol. The highest BCUT2D eigenvalue weighted by Crippen LogP contribution is 2.16. The zero-order chi connectivity index (χ0) is 14.8.